The molecular formula is C13H20ClN3O. The van der Waals surface area contributed by atoms with Gasteiger partial charge < -0.3 is 15.2 Å². The van der Waals surface area contributed by atoms with Gasteiger partial charge in [-0.1, -0.05) is 18.5 Å². The lowest BCUT2D eigenvalue weighted by Gasteiger charge is -2.24. The van der Waals surface area contributed by atoms with Gasteiger partial charge in [0, 0.05) is 19.3 Å². The summed E-state index contributed by atoms with van der Waals surface area (Å²) in [5, 5.41) is 6.98. The molecule has 1 aliphatic rings. The van der Waals surface area contributed by atoms with Crippen molar-refractivity contribution >= 4 is 17.5 Å². The number of aryl methyl sites for hydroxylation is 1. The average molecular weight is 270 g/mol. The Morgan fingerprint density at radius 3 is 3.06 bits per heavy atom. The number of aromatic nitrogens is 1. The lowest BCUT2D eigenvalue weighted by Crippen LogP contribution is -2.47. The Balaban J connectivity index is 2.12. The zero-order chi connectivity index (χ0) is 13.2. The van der Waals surface area contributed by atoms with E-state index in [-0.39, 0.29) is 11.4 Å². The zero-order valence-electron chi connectivity index (χ0n) is 10.9. The first kappa shape index (κ1) is 13.4. The molecule has 4 nitrogen and oxygen atoms in total. The highest BCUT2D eigenvalue weighted by Crippen LogP contribution is 2.18. The largest absolute Gasteiger partial charge is 0.344 e. The van der Waals surface area contributed by atoms with E-state index in [0.29, 0.717) is 10.7 Å². The van der Waals surface area contributed by atoms with Crippen molar-refractivity contribution < 1.29 is 4.79 Å². The first-order valence-corrected chi connectivity index (χ1v) is 6.81. The summed E-state index contributed by atoms with van der Waals surface area (Å²) in [6, 6.07) is 1.73. The van der Waals surface area contributed by atoms with E-state index in [1.807, 2.05) is 10.8 Å². The van der Waals surface area contributed by atoms with E-state index in [4.69, 9.17) is 11.6 Å². The third-order valence-corrected chi connectivity index (χ3v) is 3.55. The third kappa shape index (κ3) is 2.87. The number of rotatable bonds is 4. The Bertz CT molecular complexity index is 435. The van der Waals surface area contributed by atoms with Gasteiger partial charge >= 0.3 is 0 Å². The lowest BCUT2D eigenvalue weighted by atomic mass is 10.0. The van der Waals surface area contributed by atoms with E-state index in [2.05, 4.69) is 24.5 Å². The quantitative estimate of drug-likeness (QED) is 0.879. The van der Waals surface area contributed by atoms with Gasteiger partial charge in [0.1, 0.15) is 5.69 Å². The first-order chi connectivity index (χ1) is 8.54. The normalized spacial score (nSPS) is 23.3. The van der Waals surface area contributed by atoms with E-state index in [1.54, 1.807) is 6.07 Å². The fraction of sp³-hybridized carbons (Fsp3) is 0.615. The molecule has 1 amide bonds. The molecule has 0 radical (unpaired) electrons. The maximum Gasteiger partial charge on any atom is 0.268 e. The van der Waals surface area contributed by atoms with Crippen molar-refractivity contribution in [3.05, 3.63) is 23.0 Å². The summed E-state index contributed by atoms with van der Waals surface area (Å²) in [5.41, 5.74) is 0.500. The van der Waals surface area contributed by atoms with Gasteiger partial charge in [-0.15, -0.1) is 0 Å². The van der Waals surface area contributed by atoms with E-state index >= 15 is 0 Å². The number of amides is 1. The van der Waals surface area contributed by atoms with Crippen LogP contribution in [0.5, 0.6) is 0 Å². The van der Waals surface area contributed by atoms with Gasteiger partial charge in [0.05, 0.1) is 10.6 Å². The smallest absolute Gasteiger partial charge is 0.268 e. The van der Waals surface area contributed by atoms with Crippen LogP contribution in [0.15, 0.2) is 12.3 Å². The van der Waals surface area contributed by atoms with Crippen LogP contribution in [0.25, 0.3) is 0 Å². The van der Waals surface area contributed by atoms with Crippen molar-refractivity contribution in [3.8, 4) is 0 Å². The number of carbonyl (C=O) groups excluding carboxylic acids is 1. The van der Waals surface area contributed by atoms with Crippen LogP contribution in [0.4, 0.5) is 0 Å². The Morgan fingerprint density at radius 1 is 1.67 bits per heavy atom. The van der Waals surface area contributed by atoms with Crippen molar-refractivity contribution in [2.45, 2.75) is 38.8 Å². The highest BCUT2D eigenvalue weighted by atomic mass is 35.5. The number of halogens is 1. The molecule has 1 atom stereocenters. The summed E-state index contributed by atoms with van der Waals surface area (Å²) >= 11 is 5.98. The second kappa shape index (κ2) is 5.33. The summed E-state index contributed by atoms with van der Waals surface area (Å²) in [5.74, 6) is -0.0402. The molecule has 5 heteroatoms. The molecule has 1 aromatic rings. The maximum absolute atomic E-state index is 12.3. The van der Waals surface area contributed by atoms with Gasteiger partial charge in [-0.05, 0) is 32.4 Å². The molecule has 2 rings (SSSR count). The molecule has 0 aliphatic carbocycles. The van der Waals surface area contributed by atoms with E-state index in [9.17, 15) is 4.79 Å². The van der Waals surface area contributed by atoms with Crippen LogP contribution in [0.2, 0.25) is 5.02 Å². The van der Waals surface area contributed by atoms with E-state index in [0.717, 1.165) is 32.5 Å². The number of nitrogens with one attached hydrogen (secondary N) is 2. The Labute approximate surface area is 113 Å². The van der Waals surface area contributed by atoms with Crippen LogP contribution < -0.4 is 10.6 Å². The Kier molecular flexibility index (Phi) is 3.97. The monoisotopic (exact) mass is 269 g/mol. The van der Waals surface area contributed by atoms with Crippen molar-refractivity contribution in [2.75, 3.05) is 13.1 Å². The molecule has 1 fully saturated rings. The van der Waals surface area contributed by atoms with E-state index < -0.39 is 0 Å². The molecule has 2 heterocycles. The van der Waals surface area contributed by atoms with Crippen molar-refractivity contribution in [3.63, 3.8) is 0 Å². The topological polar surface area (TPSA) is 46.1 Å². The van der Waals surface area contributed by atoms with Crippen LogP contribution in [-0.4, -0.2) is 29.1 Å². The molecule has 0 saturated carbocycles. The fourth-order valence-electron chi connectivity index (χ4n) is 2.35. The highest BCUT2D eigenvalue weighted by molar-refractivity contribution is 6.31. The van der Waals surface area contributed by atoms with Crippen LogP contribution in [0.3, 0.4) is 0 Å². The number of nitrogens with zero attached hydrogens (tertiary/aromatic N) is 1. The molecule has 1 unspecified atom stereocenters. The average Bonchev–Trinajstić information content (AvgIpc) is 2.86. The van der Waals surface area contributed by atoms with Crippen LogP contribution in [-0.2, 0) is 6.54 Å². The van der Waals surface area contributed by atoms with Crippen molar-refractivity contribution in [1.29, 1.82) is 0 Å². The Hall–Kier alpha value is -1.00. The number of hydrogen-bond acceptors (Lipinski definition) is 2. The standard InChI is InChI=1S/C13H20ClN3O/c1-3-6-17-8-10(14)7-11(17)12(18)16-13(2)4-5-15-9-13/h7-8,15H,3-6,9H2,1-2H3,(H,16,18). The zero-order valence-corrected chi connectivity index (χ0v) is 11.7. The van der Waals surface area contributed by atoms with Crippen LogP contribution in [0.1, 0.15) is 37.2 Å². The number of hydrogen-bond donors (Lipinski definition) is 2. The molecule has 1 saturated heterocycles. The number of carbonyl (C=O) groups is 1. The molecule has 2 N–H and O–H groups in total. The summed E-state index contributed by atoms with van der Waals surface area (Å²) in [7, 11) is 0. The molecule has 0 aromatic carbocycles. The molecule has 0 spiro atoms. The van der Waals surface area contributed by atoms with Gasteiger partial charge in [-0.25, -0.2) is 0 Å². The van der Waals surface area contributed by atoms with Gasteiger partial charge in [-0.3, -0.25) is 4.79 Å². The highest BCUT2D eigenvalue weighted by Gasteiger charge is 2.31. The van der Waals surface area contributed by atoms with Gasteiger partial charge in [0.2, 0.25) is 0 Å². The Morgan fingerprint density at radius 2 is 2.44 bits per heavy atom. The third-order valence-electron chi connectivity index (χ3n) is 3.34. The molecule has 1 aliphatic heterocycles. The van der Waals surface area contributed by atoms with Crippen LogP contribution in [0, 0.1) is 0 Å². The van der Waals surface area contributed by atoms with Crippen molar-refractivity contribution in [2.24, 2.45) is 0 Å². The molecular weight excluding hydrogens is 250 g/mol. The van der Waals surface area contributed by atoms with Gasteiger partial charge in [-0.2, -0.15) is 0 Å². The lowest BCUT2D eigenvalue weighted by molar-refractivity contribution is 0.0903. The van der Waals surface area contributed by atoms with Gasteiger partial charge in [0.25, 0.3) is 5.91 Å². The predicted octanol–water partition coefficient (Wildman–Crippen LogP) is 2.03. The van der Waals surface area contributed by atoms with Gasteiger partial charge in [0.15, 0.2) is 0 Å². The van der Waals surface area contributed by atoms with Crippen molar-refractivity contribution in [1.82, 2.24) is 15.2 Å². The summed E-state index contributed by atoms with van der Waals surface area (Å²) in [4.78, 5) is 12.3. The maximum atomic E-state index is 12.3. The summed E-state index contributed by atoms with van der Waals surface area (Å²) < 4.78 is 1.92. The molecule has 1 aromatic heterocycles. The van der Waals surface area contributed by atoms with E-state index in [1.165, 1.54) is 0 Å². The minimum absolute atomic E-state index is 0.0402. The summed E-state index contributed by atoms with van der Waals surface area (Å²) in [6.45, 7) is 6.73. The minimum Gasteiger partial charge on any atom is -0.344 e. The first-order valence-electron chi connectivity index (χ1n) is 6.43. The SMILES string of the molecule is CCCn1cc(Cl)cc1C(=O)NC1(C)CCNC1. The second-order valence-electron chi connectivity index (χ2n) is 5.18. The minimum atomic E-state index is -0.148. The molecule has 0 bridgehead atoms. The fourth-order valence-corrected chi connectivity index (χ4v) is 2.57. The predicted molar refractivity (Wildman–Crippen MR) is 73.1 cm³/mol. The van der Waals surface area contributed by atoms with Crippen LogP contribution >= 0.6 is 11.6 Å². The summed E-state index contributed by atoms with van der Waals surface area (Å²) in [6.07, 6.45) is 3.75. The molecule has 18 heavy (non-hydrogen) atoms. The molecule has 100 valence electrons. The second-order valence-corrected chi connectivity index (χ2v) is 5.61.